The minimum absolute atomic E-state index is 0.556. The molecule has 2 heteroatoms. The standard InChI is InChI=1S/C6H13NO/c1-7-5-6-3-2-4-8-6/h6-7H,2-5H2,1H3/p+1. The first-order valence-corrected chi connectivity index (χ1v) is 3.33. The maximum atomic E-state index is 5.36. The predicted molar refractivity (Wildman–Crippen MR) is 31.7 cm³/mol. The Morgan fingerprint density at radius 2 is 2.62 bits per heavy atom. The lowest BCUT2D eigenvalue weighted by Crippen LogP contribution is -2.82. The molecular weight excluding hydrogens is 102 g/mol. The van der Waals surface area contributed by atoms with Crippen molar-refractivity contribution < 1.29 is 10.1 Å². The third kappa shape index (κ3) is 1.46. The summed E-state index contributed by atoms with van der Waals surface area (Å²) in [7, 11) is 2.08. The van der Waals surface area contributed by atoms with Gasteiger partial charge in [0.05, 0.1) is 7.05 Å². The highest BCUT2D eigenvalue weighted by molar-refractivity contribution is 4.61. The van der Waals surface area contributed by atoms with E-state index in [2.05, 4.69) is 12.4 Å². The number of hydrogen-bond donors (Lipinski definition) is 1. The van der Waals surface area contributed by atoms with Crippen LogP contribution in [0.15, 0.2) is 0 Å². The van der Waals surface area contributed by atoms with Gasteiger partial charge in [-0.1, -0.05) is 0 Å². The van der Waals surface area contributed by atoms with Gasteiger partial charge in [0.1, 0.15) is 12.6 Å². The van der Waals surface area contributed by atoms with E-state index in [9.17, 15) is 0 Å². The lowest BCUT2D eigenvalue weighted by Gasteiger charge is -2.03. The summed E-state index contributed by atoms with van der Waals surface area (Å²) in [4.78, 5) is 0. The maximum Gasteiger partial charge on any atom is 0.106 e. The first-order valence-electron chi connectivity index (χ1n) is 3.33. The van der Waals surface area contributed by atoms with Crippen LogP contribution in [0.5, 0.6) is 0 Å². The lowest BCUT2D eigenvalue weighted by atomic mass is 10.2. The SMILES string of the molecule is C[NH2+]CC1CCCO1. The second kappa shape index (κ2) is 3.05. The smallest absolute Gasteiger partial charge is 0.106 e. The van der Waals surface area contributed by atoms with Gasteiger partial charge in [0.2, 0.25) is 0 Å². The van der Waals surface area contributed by atoms with Crippen LogP contribution in [0.4, 0.5) is 0 Å². The Labute approximate surface area is 50.2 Å². The first-order chi connectivity index (χ1) is 3.93. The largest absolute Gasteiger partial charge is 0.372 e. The number of likely N-dealkylation sites (N-methyl/N-ethyl adjacent to an activating group) is 1. The molecule has 0 bridgehead atoms. The molecule has 0 saturated carbocycles. The van der Waals surface area contributed by atoms with Crippen molar-refractivity contribution >= 4 is 0 Å². The van der Waals surface area contributed by atoms with Gasteiger partial charge in [0.15, 0.2) is 0 Å². The average Bonchev–Trinajstić information content (AvgIpc) is 2.19. The van der Waals surface area contributed by atoms with E-state index in [1.807, 2.05) is 0 Å². The van der Waals surface area contributed by atoms with Crippen molar-refractivity contribution in [1.82, 2.24) is 0 Å². The molecule has 1 heterocycles. The lowest BCUT2D eigenvalue weighted by molar-refractivity contribution is -0.633. The third-order valence-corrected chi connectivity index (χ3v) is 1.52. The Balaban J connectivity index is 2.06. The molecule has 1 rings (SSSR count). The van der Waals surface area contributed by atoms with Crippen LogP contribution in [0.25, 0.3) is 0 Å². The fourth-order valence-electron chi connectivity index (χ4n) is 1.09. The molecule has 1 aliphatic heterocycles. The molecule has 1 fully saturated rings. The fourth-order valence-corrected chi connectivity index (χ4v) is 1.09. The van der Waals surface area contributed by atoms with Gasteiger partial charge in [-0.3, -0.25) is 0 Å². The Morgan fingerprint density at radius 3 is 3.12 bits per heavy atom. The van der Waals surface area contributed by atoms with Gasteiger partial charge >= 0.3 is 0 Å². The highest BCUT2D eigenvalue weighted by Gasteiger charge is 2.15. The summed E-state index contributed by atoms with van der Waals surface area (Å²) >= 11 is 0. The zero-order valence-corrected chi connectivity index (χ0v) is 5.39. The van der Waals surface area contributed by atoms with Gasteiger partial charge in [-0.25, -0.2) is 0 Å². The molecular formula is C6H14NO+. The molecule has 8 heavy (non-hydrogen) atoms. The number of hydrogen-bond acceptors (Lipinski definition) is 1. The molecule has 0 aromatic heterocycles. The minimum Gasteiger partial charge on any atom is -0.372 e. The topological polar surface area (TPSA) is 25.8 Å². The minimum atomic E-state index is 0.556. The van der Waals surface area contributed by atoms with Crippen molar-refractivity contribution in [2.24, 2.45) is 0 Å². The fraction of sp³-hybridized carbons (Fsp3) is 1.00. The number of rotatable bonds is 2. The molecule has 1 unspecified atom stereocenters. The van der Waals surface area contributed by atoms with Crippen LogP contribution >= 0.6 is 0 Å². The summed E-state index contributed by atoms with van der Waals surface area (Å²) in [5, 5.41) is 2.18. The summed E-state index contributed by atoms with van der Waals surface area (Å²) in [6.45, 7) is 2.12. The van der Waals surface area contributed by atoms with E-state index in [4.69, 9.17) is 4.74 Å². The van der Waals surface area contributed by atoms with E-state index in [0.717, 1.165) is 13.2 Å². The summed E-state index contributed by atoms with van der Waals surface area (Å²) in [6.07, 6.45) is 3.09. The molecule has 1 atom stereocenters. The molecule has 0 radical (unpaired) electrons. The van der Waals surface area contributed by atoms with Crippen LogP contribution in [-0.2, 0) is 4.74 Å². The second-order valence-electron chi connectivity index (χ2n) is 2.28. The van der Waals surface area contributed by atoms with Crippen molar-refractivity contribution in [1.29, 1.82) is 0 Å². The molecule has 0 aromatic carbocycles. The molecule has 0 aliphatic carbocycles. The normalized spacial score (nSPS) is 28.9. The first kappa shape index (κ1) is 6.05. The Hall–Kier alpha value is -0.0800. The predicted octanol–water partition coefficient (Wildman–Crippen LogP) is -0.641. The number of ether oxygens (including phenoxy) is 1. The van der Waals surface area contributed by atoms with Crippen molar-refractivity contribution in [2.45, 2.75) is 18.9 Å². The highest BCUT2D eigenvalue weighted by atomic mass is 16.5. The van der Waals surface area contributed by atoms with E-state index >= 15 is 0 Å². The number of nitrogens with two attached hydrogens (primary N) is 1. The van der Waals surface area contributed by atoms with Gasteiger partial charge in [0, 0.05) is 6.61 Å². The Bertz CT molecular complexity index is 59.5. The van der Waals surface area contributed by atoms with Crippen LogP contribution in [0, 0.1) is 0 Å². The van der Waals surface area contributed by atoms with Gasteiger partial charge in [-0.15, -0.1) is 0 Å². The molecule has 1 aliphatic rings. The summed E-state index contributed by atoms with van der Waals surface area (Å²) < 4.78 is 5.36. The molecule has 1 saturated heterocycles. The van der Waals surface area contributed by atoms with E-state index in [-0.39, 0.29) is 0 Å². The van der Waals surface area contributed by atoms with E-state index in [0.29, 0.717) is 6.10 Å². The van der Waals surface area contributed by atoms with Gasteiger partial charge in [0.25, 0.3) is 0 Å². The van der Waals surface area contributed by atoms with Gasteiger partial charge < -0.3 is 10.1 Å². The van der Waals surface area contributed by atoms with Crippen molar-refractivity contribution in [3.8, 4) is 0 Å². The monoisotopic (exact) mass is 116 g/mol. The second-order valence-corrected chi connectivity index (χ2v) is 2.28. The van der Waals surface area contributed by atoms with E-state index in [1.165, 1.54) is 12.8 Å². The van der Waals surface area contributed by atoms with Crippen molar-refractivity contribution in [3.63, 3.8) is 0 Å². The highest BCUT2D eigenvalue weighted by Crippen LogP contribution is 2.08. The van der Waals surface area contributed by atoms with E-state index < -0.39 is 0 Å². The molecule has 2 nitrogen and oxygen atoms in total. The molecule has 0 aromatic rings. The van der Waals surface area contributed by atoms with Crippen LogP contribution in [0.1, 0.15) is 12.8 Å². The molecule has 2 N–H and O–H groups in total. The number of quaternary nitrogens is 1. The van der Waals surface area contributed by atoms with Crippen LogP contribution < -0.4 is 5.32 Å². The van der Waals surface area contributed by atoms with Gasteiger partial charge in [-0.05, 0) is 12.8 Å². The zero-order chi connectivity index (χ0) is 5.82. The molecule has 48 valence electrons. The Morgan fingerprint density at radius 1 is 1.75 bits per heavy atom. The zero-order valence-electron chi connectivity index (χ0n) is 5.39. The quantitative estimate of drug-likeness (QED) is 0.510. The van der Waals surface area contributed by atoms with Crippen LogP contribution in [-0.4, -0.2) is 26.3 Å². The van der Waals surface area contributed by atoms with Crippen LogP contribution in [0.3, 0.4) is 0 Å². The van der Waals surface area contributed by atoms with Crippen molar-refractivity contribution in [3.05, 3.63) is 0 Å². The summed E-state index contributed by atoms with van der Waals surface area (Å²) in [5.41, 5.74) is 0. The molecule has 0 spiro atoms. The van der Waals surface area contributed by atoms with Crippen LogP contribution in [0.2, 0.25) is 0 Å². The maximum absolute atomic E-state index is 5.36. The van der Waals surface area contributed by atoms with E-state index in [1.54, 1.807) is 0 Å². The summed E-state index contributed by atoms with van der Waals surface area (Å²) in [6, 6.07) is 0. The average molecular weight is 116 g/mol. The summed E-state index contributed by atoms with van der Waals surface area (Å²) in [5.74, 6) is 0. The molecule has 0 amide bonds. The van der Waals surface area contributed by atoms with Gasteiger partial charge in [-0.2, -0.15) is 0 Å². The van der Waals surface area contributed by atoms with Crippen molar-refractivity contribution in [2.75, 3.05) is 20.2 Å². The Kier molecular flexibility index (Phi) is 2.30. The third-order valence-electron chi connectivity index (χ3n) is 1.52.